The maximum absolute atomic E-state index is 11.0. The van der Waals surface area contributed by atoms with Crippen LogP contribution in [0.5, 0.6) is 0 Å². The molecule has 2 rings (SSSR count). The standard InChI is InChI=1S/C11H12N2O/c1-8-4-3-5-11-10(6-9(2)14)7-12-13(8)11/h3-5,7H,6H2,1-2H3. The lowest BCUT2D eigenvalue weighted by Crippen LogP contribution is -1.96. The monoisotopic (exact) mass is 188 g/mol. The Morgan fingerprint density at radius 3 is 3.00 bits per heavy atom. The first-order valence-corrected chi connectivity index (χ1v) is 4.60. The van der Waals surface area contributed by atoms with Gasteiger partial charge in [0.15, 0.2) is 0 Å². The van der Waals surface area contributed by atoms with Crippen LogP contribution >= 0.6 is 0 Å². The number of carbonyl (C=O) groups excluding carboxylic acids is 1. The highest BCUT2D eigenvalue weighted by atomic mass is 16.1. The second-order valence-electron chi connectivity index (χ2n) is 3.51. The van der Waals surface area contributed by atoms with Gasteiger partial charge in [0.2, 0.25) is 0 Å². The van der Waals surface area contributed by atoms with Gasteiger partial charge in [-0.3, -0.25) is 4.79 Å². The molecule has 2 heterocycles. The van der Waals surface area contributed by atoms with E-state index >= 15 is 0 Å². The summed E-state index contributed by atoms with van der Waals surface area (Å²) < 4.78 is 1.86. The molecule has 0 unspecified atom stereocenters. The Bertz CT molecular complexity index is 485. The van der Waals surface area contributed by atoms with Crippen LogP contribution in [0.4, 0.5) is 0 Å². The molecule has 0 spiro atoms. The zero-order chi connectivity index (χ0) is 10.1. The maximum atomic E-state index is 11.0. The number of hydrogen-bond donors (Lipinski definition) is 0. The van der Waals surface area contributed by atoms with Gasteiger partial charge in [-0.05, 0) is 26.0 Å². The number of aromatic nitrogens is 2. The summed E-state index contributed by atoms with van der Waals surface area (Å²) >= 11 is 0. The summed E-state index contributed by atoms with van der Waals surface area (Å²) in [4.78, 5) is 11.0. The first kappa shape index (κ1) is 8.94. The number of Topliss-reactive ketones (excluding diaryl/α,β-unsaturated/α-hetero) is 1. The van der Waals surface area contributed by atoms with Crippen LogP contribution in [-0.4, -0.2) is 15.4 Å². The Labute approximate surface area is 82.4 Å². The van der Waals surface area contributed by atoms with Crippen LogP contribution in [0.25, 0.3) is 5.52 Å². The van der Waals surface area contributed by atoms with Gasteiger partial charge >= 0.3 is 0 Å². The van der Waals surface area contributed by atoms with Gasteiger partial charge < -0.3 is 0 Å². The molecule has 0 aliphatic carbocycles. The van der Waals surface area contributed by atoms with E-state index < -0.39 is 0 Å². The van der Waals surface area contributed by atoms with Crippen molar-refractivity contribution in [3.63, 3.8) is 0 Å². The summed E-state index contributed by atoms with van der Waals surface area (Å²) in [6.45, 7) is 3.59. The third kappa shape index (κ3) is 1.41. The Morgan fingerprint density at radius 2 is 2.29 bits per heavy atom. The summed E-state index contributed by atoms with van der Waals surface area (Å²) in [5.41, 5.74) is 3.11. The molecule has 0 N–H and O–H groups in total. The molecule has 0 aliphatic rings. The summed E-state index contributed by atoms with van der Waals surface area (Å²) in [6, 6.07) is 5.96. The molecule has 14 heavy (non-hydrogen) atoms. The van der Waals surface area contributed by atoms with Crippen LogP contribution in [0.2, 0.25) is 0 Å². The minimum absolute atomic E-state index is 0.168. The predicted octanol–water partition coefficient (Wildman–Crippen LogP) is 1.77. The Hall–Kier alpha value is -1.64. The van der Waals surface area contributed by atoms with Crippen LogP contribution in [0.1, 0.15) is 18.2 Å². The van der Waals surface area contributed by atoms with E-state index in [0.717, 1.165) is 16.8 Å². The predicted molar refractivity (Wildman–Crippen MR) is 54.3 cm³/mol. The van der Waals surface area contributed by atoms with Crippen LogP contribution in [-0.2, 0) is 11.2 Å². The van der Waals surface area contributed by atoms with Gasteiger partial charge in [0.05, 0.1) is 11.7 Å². The van der Waals surface area contributed by atoms with Crippen LogP contribution in [0, 0.1) is 6.92 Å². The molecule has 0 saturated heterocycles. The van der Waals surface area contributed by atoms with Gasteiger partial charge in [-0.1, -0.05) is 6.07 Å². The molecule has 0 fully saturated rings. The van der Waals surface area contributed by atoms with Crippen LogP contribution in [0.3, 0.4) is 0 Å². The fourth-order valence-electron chi connectivity index (χ4n) is 1.60. The summed E-state index contributed by atoms with van der Waals surface area (Å²) in [5.74, 6) is 0.168. The molecule has 3 nitrogen and oxygen atoms in total. The lowest BCUT2D eigenvalue weighted by molar-refractivity contribution is -0.116. The average Bonchev–Trinajstić information content (AvgIpc) is 2.49. The Morgan fingerprint density at radius 1 is 1.50 bits per heavy atom. The van der Waals surface area contributed by atoms with Crippen molar-refractivity contribution >= 4 is 11.3 Å². The van der Waals surface area contributed by atoms with Gasteiger partial charge in [-0.25, -0.2) is 4.52 Å². The number of ketones is 1. The first-order valence-electron chi connectivity index (χ1n) is 4.60. The molecule has 0 amide bonds. The van der Waals surface area contributed by atoms with Crippen molar-refractivity contribution in [1.82, 2.24) is 9.61 Å². The summed E-state index contributed by atoms with van der Waals surface area (Å²) in [7, 11) is 0. The molecule has 0 aliphatic heterocycles. The second kappa shape index (κ2) is 3.25. The number of aryl methyl sites for hydroxylation is 1. The first-order chi connectivity index (χ1) is 6.68. The van der Waals surface area contributed by atoms with E-state index in [-0.39, 0.29) is 5.78 Å². The van der Waals surface area contributed by atoms with E-state index in [1.807, 2.05) is 29.6 Å². The smallest absolute Gasteiger partial charge is 0.134 e. The Balaban J connectivity index is 2.58. The molecule has 0 aromatic carbocycles. The van der Waals surface area contributed by atoms with Crippen molar-refractivity contribution in [3.8, 4) is 0 Å². The number of hydrogen-bond acceptors (Lipinski definition) is 2. The molecule has 2 aromatic heterocycles. The van der Waals surface area contributed by atoms with Crippen molar-refractivity contribution in [1.29, 1.82) is 0 Å². The second-order valence-corrected chi connectivity index (χ2v) is 3.51. The largest absolute Gasteiger partial charge is 0.300 e. The molecule has 0 saturated carbocycles. The molecule has 0 atom stereocenters. The quantitative estimate of drug-likeness (QED) is 0.719. The van der Waals surface area contributed by atoms with Crippen molar-refractivity contribution in [3.05, 3.63) is 35.7 Å². The van der Waals surface area contributed by atoms with E-state index in [2.05, 4.69) is 5.10 Å². The summed E-state index contributed by atoms with van der Waals surface area (Å²) in [5, 5.41) is 4.24. The normalized spacial score (nSPS) is 10.7. The molecule has 0 bridgehead atoms. The van der Waals surface area contributed by atoms with E-state index in [9.17, 15) is 4.79 Å². The van der Waals surface area contributed by atoms with Crippen molar-refractivity contribution in [2.24, 2.45) is 0 Å². The van der Waals surface area contributed by atoms with Gasteiger partial charge in [-0.2, -0.15) is 5.10 Å². The van der Waals surface area contributed by atoms with E-state index in [1.54, 1.807) is 13.1 Å². The molecule has 72 valence electrons. The van der Waals surface area contributed by atoms with E-state index in [0.29, 0.717) is 6.42 Å². The van der Waals surface area contributed by atoms with Crippen molar-refractivity contribution in [2.75, 3.05) is 0 Å². The fourth-order valence-corrected chi connectivity index (χ4v) is 1.60. The number of rotatable bonds is 2. The van der Waals surface area contributed by atoms with E-state index in [1.165, 1.54) is 0 Å². The molecule has 3 heteroatoms. The highest BCUT2D eigenvalue weighted by Crippen LogP contribution is 2.12. The minimum atomic E-state index is 0.168. The highest BCUT2D eigenvalue weighted by Gasteiger charge is 2.06. The number of fused-ring (bicyclic) bond motifs is 1. The zero-order valence-corrected chi connectivity index (χ0v) is 8.32. The Kier molecular flexibility index (Phi) is 2.08. The van der Waals surface area contributed by atoms with Gasteiger partial charge in [0.1, 0.15) is 5.78 Å². The van der Waals surface area contributed by atoms with Crippen LogP contribution < -0.4 is 0 Å². The number of carbonyl (C=O) groups is 1. The SMILES string of the molecule is CC(=O)Cc1cnn2c(C)cccc12. The molecule has 2 aromatic rings. The highest BCUT2D eigenvalue weighted by molar-refractivity contribution is 5.80. The molecule has 0 radical (unpaired) electrons. The zero-order valence-electron chi connectivity index (χ0n) is 8.32. The third-order valence-electron chi connectivity index (χ3n) is 2.25. The fraction of sp³-hybridized carbons (Fsp3) is 0.273. The molecular formula is C11H12N2O. The number of nitrogens with zero attached hydrogens (tertiary/aromatic N) is 2. The van der Waals surface area contributed by atoms with E-state index in [4.69, 9.17) is 0 Å². The van der Waals surface area contributed by atoms with Crippen molar-refractivity contribution in [2.45, 2.75) is 20.3 Å². The van der Waals surface area contributed by atoms with Gasteiger partial charge in [0.25, 0.3) is 0 Å². The van der Waals surface area contributed by atoms with Crippen molar-refractivity contribution < 1.29 is 4.79 Å². The lowest BCUT2D eigenvalue weighted by Gasteiger charge is -1.98. The van der Waals surface area contributed by atoms with Gasteiger partial charge in [0, 0.05) is 17.7 Å². The van der Waals surface area contributed by atoms with Crippen LogP contribution in [0.15, 0.2) is 24.4 Å². The topological polar surface area (TPSA) is 34.4 Å². The average molecular weight is 188 g/mol. The summed E-state index contributed by atoms with van der Waals surface area (Å²) in [6.07, 6.45) is 2.23. The minimum Gasteiger partial charge on any atom is -0.300 e. The third-order valence-corrected chi connectivity index (χ3v) is 2.25. The lowest BCUT2D eigenvalue weighted by atomic mass is 10.1. The molecular weight excluding hydrogens is 176 g/mol. The maximum Gasteiger partial charge on any atom is 0.134 e. The number of pyridine rings is 1. The van der Waals surface area contributed by atoms with Gasteiger partial charge in [-0.15, -0.1) is 0 Å².